The van der Waals surface area contributed by atoms with Gasteiger partial charge in [-0.2, -0.15) is 0 Å². The lowest BCUT2D eigenvalue weighted by Crippen LogP contribution is -2.54. The largest absolute Gasteiger partial charge is 0.392 e. The quantitative estimate of drug-likeness (QED) is 0.576. The van der Waals surface area contributed by atoms with E-state index >= 15 is 0 Å². The van der Waals surface area contributed by atoms with Crippen molar-refractivity contribution in [3.63, 3.8) is 0 Å². The summed E-state index contributed by atoms with van der Waals surface area (Å²) in [5.41, 5.74) is -0.178. The molecule has 12 heavy (non-hydrogen) atoms. The molecule has 3 heteroatoms. The molecule has 0 spiro atoms. The maximum Gasteiger partial charge on any atom is 0.227 e. The molecule has 1 fully saturated rings. The van der Waals surface area contributed by atoms with Crippen molar-refractivity contribution in [2.45, 2.75) is 26.9 Å². The third kappa shape index (κ3) is 1.33. The highest BCUT2D eigenvalue weighted by molar-refractivity contribution is 5.79. The average Bonchev–Trinajstić information content (AvgIpc) is 1.97. The number of aliphatic hydroxyl groups is 1. The van der Waals surface area contributed by atoms with Gasteiger partial charge in [0.05, 0.1) is 12.0 Å². The van der Waals surface area contributed by atoms with Crippen LogP contribution < -0.4 is 0 Å². The van der Waals surface area contributed by atoms with Crippen LogP contribution in [-0.4, -0.2) is 35.6 Å². The van der Waals surface area contributed by atoms with Gasteiger partial charge in [-0.3, -0.25) is 4.79 Å². The number of piperidine rings is 1. The number of likely N-dealkylation sites (tertiary alicyclic amines) is 1. The van der Waals surface area contributed by atoms with Crippen molar-refractivity contribution in [2.75, 3.05) is 13.6 Å². The highest BCUT2D eigenvalue weighted by Crippen LogP contribution is 2.32. The number of amides is 1. The van der Waals surface area contributed by atoms with Gasteiger partial charge in [-0.05, 0) is 0 Å². The van der Waals surface area contributed by atoms with E-state index in [9.17, 15) is 9.90 Å². The summed E-state index contributed by atoms with van der Waals surface area (Å²) in [4.78, 5) is 13.1. The molecule has 0 radical (unpaired) electrons. The number of hydrogen-bond donors (Lipinski definition) is 1. The third-order valence-corrected chi connectivity index (χ3v) is 2.68. The zero-order valence-electron chi connectivity index (χ0n) is 8.16. The Morgan fingerprint density at radius 1 is 1.58 bits per heavy atom. The lowest BCUT2D eigenvalue weighted by molar-refractivity contribution is -0.151. The Hall–Kier alpha value is -0.570. The van der Waals surface area contributed by atoms with Crippen molar-refractivity contribution < 1.29 is 9.90 Å². The van der Waals surface area contributed by atoms with Gasteiger partial charge in [0.15, 0.2) is 0 Å². The molecule has 0 aromatic rings. The fourth-order valence-corrected chi connectivity index (χ4v) is 1.94. The third-order valence-electron chi connectivity index (χ3n) is 2.68. The van der Waals surface area contributed by atoms with Crippen LogP contribution in [0.1, 0.15) is 20.8 Å². The summed E-state index contributed by atoms with van der Waals surface area (Å²) in [5.74, 6) is -0.222. The monoisotopic (exact) mass is 171 g/mol. The topological polar surface area (TPSA) is 40.5 Å². The van der Waals surface area contributed by atoms with Gasteiger partial charge < -0.3 is 10.0 Å². The standard InChI is InChI=1S/C9H17NO2/c1-6-7(11)9(2,3)5-10(4)8(6)12/h6-7,11H,5H2,1-4H3. The van der Waals surface area contributed by atoms with Crippen molar-refractivity contribution in [3.05, 3.63) is 0 Å². The zero-order valence-corrected chi connectivity index (χ0v) is 8.16. The van der Waals surface area contributed by atoms with E-state index in [0.717, 1.165) is 0 Å². The highest BCUT2D eigenvalue weighted by Gasteiger charge is 2.42. The Balaban J connectivity index is 2.85. The number of hydrogen-bond acceptors (Lipinski definition) is 2. The van der Waals surface area contributed by atoms with E-state index in [-0.39, 0.29) is 17.2 Å². The minimum Gasteiger partial charge on any atom is -0.392 e. The lowest BCUT2D eigenvalue weighted by atomic mass is 9.76. The molecule has 2 atom stereocenters. The van der Waals surface area contributed by atoms with E-state index in [0.29, 0.717) is 6.54 Å². The van der Waals surface area contributed by atoms with Crippen LogP contribution in [0.25, 0.3) is 0 Å². The smallest absolute Gasteiger partial charge is 0.227 e. The molecular formula is C9H17NO2. The Kier molecular flexibility index (Phi) is 2.17. The zero-order chi connectivity index (χ0) is 9.52. The minimum atomic E-state index is -0.513. The van der Waals surface area contributed by atoms with Crippen LogP contribution in [0.5, 0.6) is 0 Å². The second-order valence-corrected chi connectivity index (χ2v) is 4.42. The second kappa shape index (κ2) is 2.73. The number of aliphatic hydroxyl groups excluding tert-OH is 1. The molecule has 1 aliphatic heterocycles. The minimum absolute atomic E-state index is 0.0434. The summed E-state index contributed by atoms with van der Waals surface area (Å²) < 4.78 is 0. The summed E-state index contributed by atoms with van der Waals surface area (Å²) in [6.07, 6.45) is -0.513. The summed E-state index contributed by atoms with van der Waals surface area (Å²) >= 11 is 0. The van der Waals surface area contributed by atoms with Crippen LogP contribution in [0.2, 0.25) is 0 Å². The summed E-state index contributed by atoms with van der Waals surface area (Å²) in [5, 5.41) is 9.75. The Morgan fingerprint density at radius 2 is 2.08 bits per heavy atom. The van der Waals surface area contributed by atoms with Crippen molar-refractivity contribution in [3.8, 4) is 0 Å². The summed E-state index contributed by atoms with van der Waals surface area (Å²) in [6.45, 7) is 6.38. The van der Waals surface area contributed by atoms with E-state index < -0.39 is 6.10 Å². The van der Waals surface area contributed by atoms with E-state index in [4.69, 9.17) is 0 Å². The average molecular weight is 171 g/mol. The van der Waals surface area contributed by atoms with Crippen molar-refractivity contribution >= 4 is 5.91 Å². The predicted octanol–water partition coefficient (Wildman–Crippen LogP) is 0.482. The number of nitrogens with zero attached hydrogens (tertiary/aromatic N) is 1. The van der Waals surface area contributed by atoms with Crippen LogP contribution in [0.15, 0.2) is 0 Å². The van der Waals surface area contributed by atoms with Crippen LogP contribution in [0, 0.1) is 11.3 Å². The highest BCUT2D eigenvalue weighted by atomic mass is 16.3. The van der Waals surface area contributed by atoms with E-state index in [1.165, 1.54) is 0 Å². The van der Waals surface area contributed by atoms with E-state index in [2.05, 4.69) is 0 Å². The first-order valence-electron chi connectivity index (χ1n) is 4.29. The molecule has 0 saturated carbocycles. The van der Waals surface area contributed by atoms with Crippen LogP contribution in [-0.2, 0) is 4.79 Å². The first kappa shape index (κ1) is 9.52. The molecule has 1 aliphatic rings. The molecule has 0 bridgehead atoms. The van der Waals surface area contributed by atoms with Gasteiger partial charge in [-0.25, -0.2) is 0 Å². The molecule has 0 aromatic carbocycles. The van der Waals surface area contributed by atoms with Crippen molar-refractivity contribution in [2.24, 2.45) is 11.3 Å². The Bertz CT molecular complexity index is 201. The SMILES string of the molecule is CC1C(=O)N(C)CC(C)(C)C1O. The molecular weight excluding hydrogens is 154 g/mol. The van der Waals surface area contributed by atoms with Crippen molar-refractivity contribution in [1.82, 2.24) is 4.90 Å². The molecule has 1 saturated heterocycles. The van der Waals surface area contributed by atoms with Gasteiger partial charge in [-0.1, -0.05) is 20.8 Å². The fourth-order valence-electron chi connectivity index (χ4n) is 1.94. The molecule has 3 nitrogen and oxygen atoms in total. The second-order valence-electron chi connectivity index (χ2n) is 4.42. The van der Waals surface area contributed by atoms with Gasteiger partial charge >= 0.3 is 0 Å². The molecule has 2 unspecified atom stereocenters. The van der Waals surface area contributed by atoms with Gasteiger partial charge in [-0.15, -0.1) is 0 Å². The summed E-state index contributed by atoms with van der Waals surface area (Å²) in [7, 11) is 1.78. The summed E-state index contributed by atoms with van der Waals surface area (Å²) in [6, 6.07) is 0. The van der Waals surface area contributed by atoms with Crippen LogP contribution >= 0.6 is 0 Å². The van der Waals surface area contributed by atoms with Gasteiger partial charge in [0, 0.05) is 19.0 Å². The van der Waals surface area contributed by atoms with Gasteiger partial charge in [0.25, 0.3) is 0 Å². The molecule has 1 rings (SSSR count). The van der Waals surface area contributed by atoms with Crippen LogP contribution in [0.4, 0.5) is 0 Å². The maximum absolute atomic E-state index is 11.4. The van der Waals surface area contributed by atoms with Crippen LogP contribution in [0.3, 0.4) is 0 Å². The number of rotatable bonds is 0. The molecule has 1 N–H and O–H groups in total. The van der Waals surface area contributed by atoms with E-state index in [1.807, 2.05) is 13.8 Å². The Labute approximate surface area is 73.4 Å². The number of carbonyl (C=O) groups is 1. The molecule has 1 amide bonds. The Morgan fingerprint density at radius 3 is 2.58 bits per heavy atom. The van der Waals surface area contributed by atoms with Crippen molar-refractivity contribution in [1.29, 1.82) is 0 Å². The molecule has 1 heterocycles. The molecule has 70 valence electrons. The van der Waals surface area contributed by atoms with Gasteiger partial charge in [0.1, 0.15) is 0 Å². The first-order valence-corrected chi connectivity index (χ1v) is 4.29. The molecule has 0 aromatic heterocycles. The van der Waals surface area contributed by atoms with Gasteiger partial charge in [0.2, 0.25) is 5.91 Å². The first-order chi connectivity index (χ1) is 5.36. The van der Waals surface area contributed by atoms with E-state index in [1.54, 1.807) is 18.9 Å². The number of carbonyl (C=O) groups excluding carboxylic acids is 1. The normalized spacial score (nSPS) is 35.4. The maximum atomic E-state index is 11.4. The lowest BCUT2D eigenvalue weighted by Gasteiger charge is -2.43. The predicted molar refractivity (Wildman–Crippen MR) is 46.6 cm³/mol. The molecule has 0 aliphatic carbocycles. The fraction of sp³-hybridized carbons (Fsp3) is 0.889.